The topological polar surface area (TPSA) is 90.1 Å². The number of nitrogens with zero attached hydrogens (tertiary/aromatic N) is 3. The quantitative estimate of drug-likeness (QED) is 0.617. The number of carbonyl (C=O) groups is 1. The normalized spacial score (nSPS) is 10.5. The van der Waals surface area contributed by atoms with Crippen molar-refractivity contribution >= 4 is 11.9 Å². The Hall–Kier alpha value is -3.22. The Kier molecular flexibility index (Phi) is 5.92. The molecule has 7 heteroatoms. The summed E-state index contributed by atoms with van der Waals surface area (Å²) in [5, 5.41) is 10.3. The third-order valence-electron chi connectivity index (χ3n) is 3.64. The average molecular weight is 352 g/mol. The van der Waals surface area contributed by atoms with Crippen molar-refractivity contribution < 1.29 is 13.9 Å². The van der Waals surface area contributed by atoms with Crippen LogP contribution in [0.2, 0.25) is 0 Å². The summed E-state index contributed by atoms with van der Waals surface area (Å²) in [7, 11) is 0. The molecule has 2 aromatic heterocycles. The lowest BCUT2D eigenvalue weighted by Gasteiger charge is -2.07. The number of carbonyl (C=O) groups excluding carboxylic acids is 1. The number of hydrogen-bond acceptors (Lipinski definition) is 6. The van der Waals surface area contributed by atoms with Crippen molar-refractivity contribution in [1.29, 1.82) is 0 Å². The Bertz CT molecular complexity index is 849. The second-order valence-corrected chi connectivity index (χ2v) is 5.66. The van der Waals surface area contributed by atoms with Crippen molar-refractivity contribution in [2.45, 2.75) is 26.2 Å². The highest BCUT2D eigenvalue weighted by molar-refractivity contribution is 6.03. The van der Waals surface area contributed by atoms with E-state index in [1.807, 2.05) is 12.1 Å². The van der Waals surface area contributed by atoms with Gasteiger partial charge < -0.3 is 9.15 Å². The molecule has 0 saturated heterocycles. The molecule has 3 aromatic rings. The molecule has 2 heterocycles. The molecule has 0 fully saturated rings. The van der Waals surface area contributed by atoms with Gasteiger partial charge in [0, 0.05) is 11.8 Å². The predicted octanol–water partition coefficient (Wildman–Crippen LogP) is 3.95. The molecule has 134 valence electrons. The number of hydrogen-bond donors (Lipinski definition) is 1. The minimum absolute atomic E-state index is 0.0184. The molecule has 0 aliphatic carbocycles. The third-order valence-corrected chi connectivity index (χ3v) is 3.64. The van der Waals surface area contributed by atoms with E-state index >= 15 is 0 Å². The van der Waals surface area contributed by atoms with Gasteiger partial charge in [-0.2, -0.15) is 0 Å². The van der Waals surface area contributed by atoms with Crippen molar-refractivity contribution in [3.05, 3.63) is 54.2 Å². The summed E-state index contributed by atoms with van der Waals surface area (Å²) < 4.78 is 11.1. The van der Waals surface area contributed by atoms with Gasteiger partial charge in [-0.1, -0.05) is 37.0 Å². The third kappa shape index (κ3) is 4.66. The highest BCUT2D eigenvalue weighted by Crippen LogP contribution is 2.19. The summed E-state index contributed by atoms with van der Waals surface area (Å²) in [6.45, 7) is 2.78. The standard InChI is InChI=1S/C19H20N4O3/c1-2-3-6-12-25-15-9-7-8-14(13-15)17(24)21-19-23-22-18(26-19)16-10-4-5-11-20-16/h4-5,7-11,13H,2-3,6,12H2,1H3,(H,21,23,24). The molecule has 0 aliphatic heterocycles. The van der Waals surface area contributed by atoms with Crippen LogP contribution in [0.3, 0.4) is 0 Å². The molecule has 0 aliphatic rings. The zero-order valence-electron chi connectivity index (χ0n) is 14.5. The van der Waals surface area contributed by atoms with Gasteiger partial charge in [0.2, 0.25) is 0 Å². The van der Waals surface area contributed by atoms with E-state index in [-0.39, 0.29) is 17.8 Å². The van der Waals surface area contributed by atoms with E-state index < -0.39 is 0 Å². The van der Waals surface area contributed by atoms with Crippen LogP contribution in [0, 0.1) is 0 Å². The number of aromatic nitrogens is 3. The first-order chi connectivity index (χ1) is 12.8. The molecular weight excluding hydrogens is 332 g/mol. The van der Waals surface area contributed by atoms with E-state index in [0.29, 0.717) is 23.6 Å². The minimum atomic E-state index is -0.347. The van der Waals surface area contributed by atoms with Crippen molar-refractivity contribution in [2.75, 3.05) is 11.9 Å². The maximum Gasteiger partial charge on any atom is 0.322 e. The zero-order chi connectivity index (χ0) is 18.2. The summed E-state index contributed by atoms with van der Waals surface area (Å²) in [5.41, 5.74) is 0.999. The fraction of sp³-hybridized carbons (Fsp3) is 0.263. The second-order valence-electron chi connectivity index (χ2n) is 5.66. The van der Waals surface area contributed by atoms with Crippen LogP contribution in [0.15, 0.2) is 53.1 Å². The summed E-state index contributed by atoms with van der Waals surface area (Å²) in [6, 6.07) is 12.4. The van der Waals surface area contributed by atoms with Crippen molar-refractivity contribution in [3.63, 3.8) is 0 Å². The van der Waals surface area contributed by atoms with Gasteiger partial charge in [-0.15, -0.1) is 5.10 Å². The van der Waals surface area contributed by atoms with Gasteiger partial charge in [0.15, 0.2) is 0 Å². The van der Waals surface area contributed by atoms with E-state index in [4.69, 9.17) is 9.15 Å². The maximum atomic E-state index is 12.4. The van der Waals surface area contributed by atoms with Gasteiger partial charge in [-0.05, 0) is 36.8 Å². The van der Waals surface area contributed by atoms with Crippen LogP contribution in [0.1, 0.15) is 36.5 Å². The molecule has 0 unspecified atom stereocenters. The highest BCUT2D eigenvalue weighted by Gasteiger charge is 2.13. The van der Waals surface area contributed by atoms with Gasteiger partial charge in [0.25, 0.3) is 11.8 Å². The Morgan fingerprint density at radius 3 is 2.88 bits per heavy atom. The van der Waals surface area contributed by atoms with Crippen LogP contribution in [0.4, 0.5) is 6.01 Å². The van der Waals surface area contributed by atoms with Crippen LogP contribution >= 0.6 is 0 Å². The lowest BCUT2D eigenvalue weighted by molar-refractivity contribution is 0.102. The number of nitrogens with one attached hydrogen (secondary N) is 1. The van der Waals surface area contributed by atoms with Crippen molar-refractivity contribution in [2.24, 2.45) is 0 Å². The number of unbranched alkanes of at least 4 members (excludes halogenated alkanes) is 2. The summed E-state index contributed by atoms with van der Waals surface area (Å²) in [5.74, 6) is 0.558. The Labute approximate surface area is 151 Å². The molecule has 1 N–H and O–H groups in total. The van der Waals surface area contributed by atoms with Crippen LogP contribution in [-0.4, -0.2) is 27.7 Å². The molecule has 0 radical (unpaired) electrons. The molecule has 1 aromatic carbocycles. The molecule has 3 rings (SSSR count). The molecule has 26 heavy (non-hydrogen) atoms. The predicted molar refractivity (Wildman–Crippen MR) is 96.9 cm³/mol. The number of ether oxygens (including phenoxy) is 1. The molecule has 0 saturated carbocycles. The molecule has 0 bridgehead atoms. The summed E-state index contributed by atoms with van der Waals surface area (Å²) in [6.07, 6.45) is 4.88. The number of pyridine rings is 1. The number of benzene rings is 1. The fourth-order valence-electron chi connectivity index (χ4n) is 2.31. The SMILES string of the molecule is CCCCCOc1cccc(C(=O)Nc2nnc(-c3ccccn3)o2)c1. The zero-order valence-corrected chi connectivity index (χ0v) is 14.5. The van der Waals surface area contributed by atoms with E-state index in [0.717, 1.165) is 19.3 Å². The smallest absolute Gasteiger partial charge is 0.322 e. The van der Waals surface area contributed by atoms with E-state index in [1.165, 1.54) is 0 Å². The second kappa shape index (κ2) is 8.75. The molecule has 0 spiro atoms. The van der Waals surface area contributed by atoms with Crippen molar-refractivity contribution in [3.8, 4) is 17.3 Å². The summed E-state index contributed by atoms with van der Waals surface area (Å²) in [4.78, 5) is 16.5. The van der Waals surface area contributed by atoms with Crippen LogP contribution in [-0.2, 0) is 0 Å². The van der Waals surface area contributed by atoms with Gasteiger partial charge in [0.05, 0.1) is 6.61 Å². The van der Waals surface area contributed by atoms with Crippen LogP contribution in [0.25, 0.3) is 11.6 Å². The monoisotopic (exact) mass is 352 g/mol. The van der Waals surface area contributed by atoms with Gasteiger partial charge in [-0.25, -0.2) is 0 Å². The number of rotatable bonds is 8. The van der Waals surface area contributed by atoms with Gasteiger partial charge >= 0.3 is 6.01 Å². The van der Waals surface area contributed by atoms with E-state index in [2.05, 4.69) is 27.4 Å². The lowest BCUT2D eigenvalue weighted by atomic mass is 10.2. The average Bonchev–Trinajstić information content (AvgIpc) is 3.15. The molecular formula is C19H20N4O3. The molecule has 1 amide bonds. The number of amides is 1. The van der Waals surface area contributed by atoms with Crippen LogP contribution in [0.5, 0.6) is 5.75 Å². The first kappa shape index (κ1) is 17.6. The first-order valence-electron chi connectivity index (χ1n) is 8.55. The first-order valence-corrected chi connectivity index (χ1v) is 8.55. The molecule has 7 nitrogen and oxygen atoms in total. The van der Waals surface area contributed by atoms with Gasteiger partial charge in [-0.3, -0.25) is 15.1 Å². The number of anilines is 1. The van der Waals surface area contributed by atoms with E-state index in [1.54, 1.807) is 36.5 Å². The van der Waals surface area contributed by atoms with E-state index in [9.17, 15) is 4.79 Å². The lowest BCUT2D eigenvalue weighted by Crippen LogP contribution is -2.12. The Morgan fingerprint density at radius 1 is 1.15 bits per heavy atom. The minimum Gasteiger partial charge on any atom is -0.494 e. The van der Waals surface area contributed by atoms with Gasteiger partial charge in [0.1, 0.15) is 11.4 Å². The highest BCUT2D eigenvalue weighted by atomic mass is 16.5. The fourth-order valence-corrected chi connectivity index (χ4v) is 2.31. The van der Waals surface area contributed by atoms with Crippen LogP contribution < -0.4 is 10.1 Å². The van der Waals surface area contributed by atoms with Crippen molar-refractivity contribution in [1.82, 2.24) is 15.2 Å². The largest absolute Gasteiger partial charge is 0.494 e. The molecule has 0 atom stereocenters. The maximum absolute atomic E-state index is 12.4. The Morgan fingerprint density at radius 2 is 2.08 bits per heavy atom. The summed E-state index contributed by atoms with van der Waals surface area (Å²) >= 11 is 0. The Balaban J connectivity index is 1.62.